The molecule has 0 spiro atoms. The normalized spacial score (nSPS) is 17.6. The predicted octanol–water partition coefficient (Wildman–Crippen LogP) is 4.24. The molecule has 2 aromatic heterocycles. The maximum atomic E-state index is 5.89. The first-order valence-corrected chi connectivity index (χ1v) is 8.99. The SMILES string of the molecule is C=C/C(=C\C(=C)Cl)Nc1cc(-c2ccncc2)nc(C2CCCNC2)n1. The summed E-state index contributed by atoms with van der Waals surface area (Å²) in [7, 11) is 0. The third-order valence-electron chi connectivity index (χ3n) is 4.19. The lowest BCUT2D eigenvalue weighted by Crippen LogP contribution is -2.29. The summed E-state index contributed by atoms with van der Waals surface area (Å²) in [5.74, 6) is 1.84. The lowest BCUT2D eigenvalue weighted by Gasteiger charge is -2.22. The van der Waals surface area contributed by atoms with E-state index in [1.54, 1.807) is 24.5 Å². The maximum absolute atomic E-state index is 5.89. The first-order valence-electron chi connectivity index (χ1n) is 8.61. The van der Waals surface area contributed by atoms with E-state index in [0.29, 0.717) is 16.8 Å². The minimum absolute atomic E-state index is 0.297. The van der Waals surface area contributed by atoms with Gasteiger partial charge in [-0.3, -0.25) is 4.98 Å². The van der Waals surface area contributed by atoms with Gasteiger partial charge in [0.05, 0.1) is 5.69 Å². The first-order chi connectivity index (χ1) is 12.7. The van der Waals surface area contributed by atoms with Gasteiger partial charge in [-0.2, -0.15) is 0 Å². The molecule has 1 atom stereocenters. The van der Waals surface area contributed by atoms with Crippen LogP contribution in [0.25, 0.3) is 11.3 Å². The zero-order valence-electron chi connectivity index (χ0n) is 14.6. The summed E-state index contributed by atoms with van der Waals surface area (Å²) in [5, 5.41) is 7.11. The molecule has 2 aromatic rings. The van der Waals surface area contributed by atoms with E-state index < -0.39 is 0 Å². The fourth-order valence-corrected chi connectivity index (χ4v) is 3.04. The molecule has 134 valence electrons. The van der Waals surface area contributed by atoms with Crippen molar-refractivity contribution < 1.29 is 0 Å². The summed E-state index contributed by atoms with van der Waals surface area (Å²) in [6, 6.07) is 5.81. The highest BCUT2D eigenvalue weighted by Crippen LogP contribution is 2.26. The summed E-state index contributed by atoms with van der Waals surface area (Å²) < 4.78 is 0. The molecule has 0 radical (unpaired) electrons. The molecule has 5 nitrogen and oxygen atoms in total. The first kappa shape index (κ1) is 18.3. The molecule has 0 bridgehead atoms. The van der Waals surface area contributed by atoms with E-state index >= 15 is 0 Å². The Morgan fingerprint density at radius 2 is 2.12 bits per heavy atom. The average molecular weight is 368 g/mol. The summed E-state index contributed by atoms with van der Waals surface area (Å²) >= 11 is 5.89. The van der Waals surface area contributed by atoms with Crippen LogP contribution in [0.5, 0.6) is 0 Å². The molecule has 0 aliphatic carbocycles. The predicted molar refractivity (Wildman–Crippen MR) is 107 cm³/mol. The van der Waals surface area contributed by atoms with E-state index in [2.05, 4.69) is 28.8 Å². The molecule has 6 heteroatoms. The van der Waals surface area contributed by atoms with Gasteiger partial charge in [-0.1, -0.05) is 24.8 Å². The van der Waals surface area contributed by atoms with Crippen molar-refractivity contribution in [2.24, 2.45) is 0 Å². The Hall–Kier alpha value is -2.50. The van der Waals surface area contributed by atoms with Gasteiger partial charge in [-0.05, 0) is 43.7 Å². The quantitative estimate of drug-likeness (QED) is 0.748. The van der Waals surface area contributed by atoms with Crippen LogP contribution in [0.1, 0.15) is 24.6 Å². The van der Waals surface area contributed by atoms with Crippen molar-refractivity contribution in [1.29, 1.82) is 0 Å². The number of anilines is 1. The number of pyridine rings is 1. The summed E-state index contributed by atoms with van der Waals surface area (Å²) in [4.78, 5) is 13.6. The molecule has 1 fully saturated rings. The van der Waals surface area contributed by atoms with Crippen LogP contribution in [-0.2, 0) is 0 Å². The van der Waals surface area contributed by atoms with Gasteiger partial charge in [0.25, 0.3) is 0 Å². The van der Waals surface area contributed by atoms with E-state index in [1.807, 2.05) is 18.2 Å². The van der Waals surface area contributed by atoms with Crippen LogP contribution in [0.2, 0.25) is 0 Å². The van der Waals surface area contributed by atoms with Crippen LogP contribution in [0.3, 0.4) is 0 Å². The topological polar surface area (TPSA) is 62.7 Å². The smallest absolute Gasteiger partial charge is 0.135 e. The van der Waals surface area contributed by atoms with Crippen LogP contribution in [0, 0.1) is 0 Å². The number of nitrogens with zero attached hydrogens (tertiary/aromatic N) is 3. The molecule has 3 heterocycles. The number of hydrogen-bond acceptors (Lipinski definition) is 5. The second kappa shape index (κ2) is 8.74. The van der Waals surface area contributed by atoms with Crippen LogP contribution in [0.15, 0.2) is 66.6 Å². The van der Waals surface area contributed by atoms with Crippen molar-refractivity contribution in [3.05, 3.63) is 72.5 Å². The zero-order valence-corrected chi connectivity index (χ0v) is 15.3. The van der Waals surface area contributed by atoms with E-state index in [9.17, 15) is 0 Å². The van der Waals surface area contributed by atoms with Crippen molar-refractivity contribution in [1.82, 2.24) is 20.3 Å². The zero-order chi connectivity index (χ0) is 18.4. The van der Waals surface area contributed by atoms with Crippen molar-refractivity contribution in [3.8, 4) is 11.3 Å². The Morgan fingerprint density at radius 3 is 2.77 bits per heavy atom. The Morgan fingerprint density at radius 1 is 1.31 bits per heavy atom. The third-order valence-corrected chi connectivity index (χ3v) is 4.30. The van der Waals surface area contributed by atoms with Gasteiger partial charge in [0.15, 0.2) is 0 Å². The standard InChI is InChI=1S/C20H22ClN5/c1-3-17(11-14(2)21)24-19-12-18(15-6-9-22-10-7-15)25-20(26-19)16-5-4-8-23-13-16/h3,6-7,9-12,16,23H,1-2,4-5,8,13H2,(H,24,25,26)/b17-11+. The average Bonchev–Trinajstić information content (AvgIpc) is 2.68. The molecule has 1 aliphatic heterocycles. The minimum Gasteiger partial charge on any atom is -0.340 e. The fourth-order valence-electron chi connectivity index (χ4n) is 2.92. The lowest BCUT2D eigenvalue weighted by atomic mass is 9.98. The maximum Gasteiger partial charge on any atom is 0.135 e. The summed E-state index contributed by atoms with van der Waals surface area (Å²) in [6.07, 6.45) is 9.13. The van der Waals surface area contributed by atoms with E-state index in [-0.39, 0.29) is 0 Å². The van der Waals surface area contributed by atoms with Gasteiger partial charge in [0.2, 0.25) is 0 Å². The molecule has 2 N–H and O–H groups in total. The van der Waals surface area contributed by atoms with Crippen molar-refractivity contribution >= 4 is 17.4 Å². The molecule has 0 aromatic carbocycles. The van der Waals surface area contributed by atoms with Crippen molar-refractivity contribution in [3.63, 3.8) is 0 Å². The van der Waals surface area contributed by atoms with Gasteiger partial charge in [-0.15, -0.1) is 0 Å². The summed E-state index contributed by atoms with van der Waals surface area (Å²) in [6.45, 7) is 9.44. The van der Waals surface area contributed by atoms with Gasteiger partial charge in [0.1, 0.15) is 11.6 Å². The molecule has 0 amide bonds. The van der Waals surface area contributed by atoms with Crippen molar-refractivity contribution in [2.75, 3.05) is 18.4 Å². The summed E-state index contributed by atoms with van der Waals surface area (Å²) in [5.41, 5.74) is 2.59. The minimum atomic E-state index is 0.297. The highest BCUT2D eigenvalue weighted by Gasteiger charge is 2.19. The van der Waals surface area contributed by atoms with Crippen LogP contribution < -0.4 is 10.6 Å². The van der Waals surface area contributed by atoms with Crippen LogP contribution in [0.4, 0.5) is 5.82 Å². The van der Waals surface area contributed by atoms with E-state index in [4.69, 9.17) is 21.6 Å². The molecule has 1 unspecified atom stereocenters. The highest BCUT2D eigenvalue weighted by molar-refractivity contribution is 6.30. The van der Waals surface area contributed by atoms with Gasteiger partial charge in [0, 0.05) is 47.2 Å². The number of hydrogen-bond donors (Lipinski definition) is 2. The highest BCUT2D eigenvalue weighted by atomic mass is 35.5. The molecular formula is C20H22ClN5. The van der Waals surface area contributed by atoms with Gasteiger partial charge < -0.3 is 10.6 Å². The second-order valence-corrected chi connectivity index (χ2v) is 6.64. The molecule has 0 saturated carbocycles. The number of nitrogens with one attached hydrogen (secondary N) is 2. The van der Waals surface area contributed by atoms with E-state index in [1.165, 1.54) is 0 Å². The van der Waals surface area contributed by atoms with Crippen LogP contribution in [-0.4, -0.2) is 28.0 Å². The monoisotopic (exact) mass is 367 g/mol. The Balaban J connectivity index is 1.99. The molecule has 26 heavy (non-hydrogen) atoms. The fraction of sp³-hybridized carbons (Fsp3) is 0.250. The number of halogens is 1. The molecule has 1 aliphatic rings. The largest absolute Gasteiger partial charge is 0.340 e. The van der Waals surface area contributed by atoms with E-state index in [0.717, 1.165) is 48.7 Å². The molecular weight excluding hydrogens is 346 g/mol. The van der Waals surface area contributed by atoms with Gasteiger partial charge >= 0.3 is 0 Å². The second-order valence-electron chi connectivity index (χ2n) is 6.15. The number of allylic oxidation sites excluding steroid dienone is 3. The van der Waals surface area contributed by atoms with Crippen LogP contribution >= 0.6 is 11.6 Å². The lowest BCUT2D eigenvalue weighted by molar-refractivity contribution is 0.447. The Labute approximate surface area is 158 Å². The van der Waals surface area contributed by atoms with Crippen molar-refractivity contribution in [2.45, 2.75) is 18.8 Å². The Bertz CT molecular complexity index is 810. The number of aromatic nitrogens is 3. The molecule has 3 rings (SSSR count). The Kier molecular flexibility index (Phi) is 6.15. The van der Waals surface area contributed by atoms with Gasteiger partial charge in [-0.25, -0.2) is 9.97 Å². The molecule has 1 saturated heterocycles. The third kappa shape index (κ3) is 4.77. The number of rotatable bonds is 6. The number of piperidine rings is 1.